The van der Waals surface area contributed by atoms with Crippen molar-refractivity contribution in [3.63, 3.8) is 0 Å². The molecule has 2 aliphatic heterocycles. The molecule has 1 saturated heterocycles. The Morgan fingerprint density at radius 3 is 2.89 bits per heavy atom. The first-order valence-electron chi connectivity index (χ1n) is 12.1. The van der Waals surface area contributed by atoms with E-state index in [0.29, 0.717) is 25.3 Å². The Bertz CT molecular complexity index is 1240. The van der Waals surface area contributed by atoms with Crippen molar-refractivity contribution in [2.24, 2.45) is 10.2 Å². The van der Waals surface area contributed by atoms with E-state index in [1.165, 1.54) is 6.42 Å². The topological polar surface area (TPSA) is 80.0 Å². The number of carbonyl (C=O) groups is 1. The lowest BCUT2D eigenvalue weighted by Crippen LogP contribution is -2.34. The number of rotatable bonds is 10. The maximum atomic E-state index is 12.8. The van der Waals surface area contributed by atoms with Crippen molar-refractivity contribution >= 4 is 29.0 Å². The lowest BCUT2D eigenvalue weighted by molar-refractivity contribution is -0.118. The van der Waals surface area contributed by atoms with Gasteiger partial charge in [0, 0.05) is 68.2 Å². The predicted octanol–water partition coefficient (Wildman–Crippen LogP) is 4.66. The average Bonchev–Trinajstić information content (AvgIpc) is 3.65. The van der Waals surface area contributed by atoms with Crippen LogP contribution in [-0.2, 0) is 16.0 Å². The predicted molar refractivity (Wildman–Crippen MR) is 140 cm³/mol. The maximum absolute atomic E-state index is 12.8. The van der Waals surface area contributed by atoms with Crippen LogP contribution in [0, 0.1) is 0 Å². The van der Waals surface area contributed by atoms with E-state index in [-0.39, 0.29) is 5.78 Å². The highest BCUT2D eigenvalue weighted by Gasteiger charge is 2.25. The Labute approximate surface area is 209 Å². The summed E-state index contributed by atoms with van der Waals surface area (Å²) in [6.45, 7) is 2.56. The molecule has 1 atom stereocenters. The number of methoxy groups -OCH3 is 1. The fourth-order valence-electron chi connectivity index (χ4n) is 4.68. The van der Waals surface area contributed by atoms with Crippen LogP contribution in [0.1, 0.15) is 36.3 Å². The van der Waals surface area contributed by atoms with Crippen molar-refractivity contribution in [1.82, 2.24) is 14.9 Å². The smallest absolute Gasteiger partial charge is 0.140 e. The minimum Gasteiger partial charge on any atom is -0.383 e. The number of aromatic nitrogens is 2. The minimum absolute atomic E-state index is 0.208. The molecule has 1 aromatic carbocycles. The molecule has 0 N–H and O–H groups in total. The van der Waals surface area contributed by atoms with Crippen LogP contribution in [0.25, 0.3) is 21.8 Å². The van der Waals surface area contributed by atoms with Crippen molar-refractivity contribution in [3.05, 3.63) is 59.2 Å². The van der Waals surface area contributed by atoms with Gasteiger partial charge < -0.3 is 4.74 Å². The second-order valence-electron chi connectivity index (χ2n) is 8.90. The first-order valence-corrected chi connectivity index (χ1v) is 12.9. The summed E-state index contributed by atoms with van der Waals surface area (Å²) in [5.41, 5.74) is 4.65. The van der Waals surface area contributed by atoms with Crippen LogP contribution in [0.3, 0.4) is 0 Å². The number of ketones is 1. The molecule has 7 nitrogen and oxygen atoms in total. The molecule has 35 heavy (non-hydrogen) atoms. The van der Waals surface area contributed by atoms with Gasteiger partial charge in [-0.25, -0.2) is 4.98 Å². The summed E-state index contributed by atoms with van der Waals surface area (Å²) in [4.78, 5) is 25.6. The lowest BCUT2D eigenvalue weighted by atomic mass is 10.1. The molecule has 0 radical (unpaired) electrons. The number of benzene rings is 1. The van der Waals surface area contributed by atoms with Crippen molar-refractivity contribution in [1.29, 1.82) is 0 Å². The summed E-state index contributed by atoms with van der Waals surface area (Å²) >= 11 is 1.61. The number of likely N-dealkylation sites (tertiary alicyclic amines) is 1. The third-order valence-corrected chi connectivity index (χ3v) is 7.61. The number of pyridine rings is 1. The molecule has 0 spiro atoms. The first kappa shape index (κ1) is 23.7. The van der Waals surface area contributed by atoms with Crippen LogP contribution in [0.5, 0.6) is 0 Å². The van der Waals surface area contributed by atoms with E-state index in [2.05, 4.69) is 32.2 Å². The van der Waals surface area contributed by atoms with Gasteiger partial charge in [0.15, 0.2) is 0 Å². The number of thiazole rings is 1. The zero-order valence-electron chi connectivity index (χ0n) is 19.9. The second kappa shape index (κ2) is 11.1. The molecule has 8 heteroatoms. The van der Waals surface area contributed by atoms with Gasteiger partial charge >= 0.3 is 0 Å². The van der Waals surface area contributed by atoms with Crippen molar-refractivity contribution in [2.45, 2.75) is 38.1 Å². The molecule has 1 fully saturated rings. The highest BCUT2D eigenvalue weighted by molar-refractivity contribution is 7.17. The van der Waals surface area contributed by atoms with Gasteiger partial charge in [0.2, 0.25) is 0 Å². The van der Waals surface area contributed by atoms with Crippen LogP contribution in [-0.4, -0.2) is 65.4 Å². The van der Waals surface area contributed by atoms with Crippen LogP contribution >= 0.6 is 11.3 Å². The van der Waals surface area contributed by atoms with Gasteiger partial charge in [-0.05, 0) is 31.5 Å². The number of nitrogens with zero attached hydrogens (tertiary/aromatic N) is 5. The van der Waals surface area contributed by atoms with Crippen molar-refractivity contribution in [2.75, 3.05) is 26.8 Å². The van der Waals surface area contributed by atoms with Gasteiger partial charge in [0.1, 0.15) is 10.8 Å². The monoisotopic (exact) mass is 487 g/mol. The average molecular weight is 488 g/mol. The molecule has 0 aliphatic carbocycles. The Kier molecular flexibility index (Phi) is 7.51. The van der Waals surface area contributed by atoms with Crippen LogP contribution in [0.15, 0.2) is 58.9 Å². The van der Waals surface area contributed by atoms with E-state index in [1.807, 2.05) is 36.5 Å². The normalized spacial score (nSPS) is 17.7. The van der Waals surface area contributed by atoms with E-state index in [9.17, 15) is 4.79 Å². The van der Waals surface area contributed by atoms with Gasteiger partial charge in [0.05, 0.1) is 22.9 Å². The Hall–Kier alpha value is -3.07. The SMILES string of the molecule is COC[C@@H]1CCCN1CCC(=O)Cc1cc(-c2nc(-c3ccccc3)c(C3=NN=CC3)s2)ccn1. The molecule has 2 aromatic heterocycles. The first-order chi connectivity index (χ1) is 17.2. The molecule has 0 saturated carbocycles. The molecule has 5 rings (SSSR count). The molecule has 2 aliphatic rings. The Balaban J connectivity index is 1.31. The summed E-state index contributed by atoms with van der Waals surface area (Å²) < 4.78 is 5.33. The third-order valence-electron chi connectivity index (χ3n) is 6.46. The summed E-state index contributed by atoms with van der Waals surface area (Å²) in [6.07, 6.45) is 7.48. The Morgan fingerprint density at radius 1 is 1.20 bits per heavy atom. The summed E-state index contributed by atoms with van der Waals surface area (Å²) in [5.74, 6) is 0.208. The highest BCUT2D eigenvalue weighted by Crippen LogP contribution is 2.35. The van der Waals surface area contributed by atoms with Crippen LogP contribution in [0.2, 0.25) is 0 Å². The molecule has 0 bridgehead atoms. The maximum Gasteiger partial charge on any atom is 0.140 e. The summed E-state index contributed by atoms with van der Waals surface area (Å²) in [5, 5.41) is 9.26. The van der Waals surface area contributed by atoms with Gasteiger partial charge in [-0.3, -0.25) is 14.7 Å². The largest absolute Gasteiger partial charge is 0.383 e. The molecular weight excluding hydrogens is 458 g/mol. The number of ether oxygens (including phenoxy) is 1. The lowest BCUT2D eigenvalue weighted by Gasteiger charge is -2.23. The number of hydrogen-bond donors (Lipinski definition) is 0. The summed E-state index contributed by atoms with van der Waals surface area (Å²) in [7, 11) is 1.74. The molecule has 3 aromatic rings. The van der Waals surface area contributed by atoms with Gasteiger partial charge in [0.25, 0.3) is 0 Å². The zero-order chi connectivity index (χ0) is 24.0. The minimum atomic E-state index is 0.208. The van der Waals surface area contributed by atoms with E-state index in [4.69, 9.17) is 9.72 Å². The summed E-state index contributed by atoms with van der Waals surface area (Å²) in [6, 6.07) is 14.5. The number of Topliss-reactive ketones (excluding diaryl/α,β-unsaturated/α-hetero) is 1. The number of hydrogen-bond acceptors (Lipinski definition) is 8. The van der Waals surface area contributed by atoms with Crippen molar-refractivity contribution in [3.8, 4) is 21.8 Å². The van der Waals surface area contributed by atoms with E-state index in [1.54, 1.807) is 24.6 Å². The standard InChI is InChI=1S/C27H29N5O2S/c1-34-18-22-8-5-14-32(22)15-11-23(33)17-21-16-20(9-12-28-21)27-30-25(19-6-3-2-4-7-19)26(35-27)24-10-13-29-31-24/h2-4,6-7,9,12-13,16,22H,5,8,10-11,14-15,17-18H2,1H3/t22-/m0/s1. The number of carbonyl (C=O) groups excluding carboxylic acids is 1. The molecule has 180 valence electrons. The second-order valence-corrected chi connectivity index (χ2v) is 9.90. The van der Waals surface area contributed by atoms with Crippen LogP contribution < -0.4 is 0 Å². The fraction of sp³-hybridized carbons (Fsp3) is 0.370. The quantitative estimate of drug-likeness (QED) is 0.415. The fourth-order valence-corrected chi connectivity index (χ4v) is 5.76. The Morgan fingerprint density at radius 2 is 2.09 bits per heavy atom. The van der Waals surface area contributed by atoms with Gasteiger partial charge in [-0.2, -0.15) is 10.2 Å². The van der Waals surface area contributed by atoms with E-state index < -0.39 is 0 Å². The molecular formula is C27H29N5O2S. The molecule has 0 amide bonds. The van der Waals surface area contributed by atoms with Crippen molar-refractivity contribution < 1.29 is 9.53 Å². The van der Waals surface area contributed by atoms with Gasteiger partial charge in [-0.1, -0.05) is 30.3 Å². The molecule has 4 heterocycles. The third kappa shape index (κ3) is 5.61. The van der Waals surface area contributed by atoms with Gasteiger partial charge in [-0.15, -0.1) is 11.3 Å². The van der Waals surface area contributed by atoms with E-state index in [0.717, 1.165) is 64.2 Å². The molecule has 0 unspecified atom stereocenters. The zero-order valence-corrected chi connectivity index (χ0v) is 20.7. The van der Waals surface area contributed by atoms with E-state index >= 15 is 0 Å². The highest BCUT2D eigenvalue weighted by atomic mass is 32.1. The van der Waals surface area contributed by atoms with Crippen LogP contribution in [0.4, 0.5) is 0 Å².